The molecule has 2 nitrogen and oxygen atoms in total. The number of benzene rings is 3. The molecule has 0 amide bonds. The molecule has 0 aliphatic heterocycles. The van der Waals surface area contributed by atoms with Crippen molar-refractivity contribution in [1.82, 2.24) is 0 Å². The van der Waals surface area contributed by atoms with Gasteiger partial charge in [0.1, 0.15) is 11.5 Å². The molecule has 2 heteroatoms. The van der Waals surface area contributed by atoms with Crippen molar-refractivity contribution in [1.29, 1.82) is 0 Å². The highest BCUT2D eigenvalue weighted by molar-refractivity contribution is 5.79. The highest BCUT2D eigenvalue weighted by Gasteiger charge is 2.06. The van der Waals surface area contributed by atoms with Gasteiger partial charge < -0.3 is 9.47 Å². The maximum atomic E-state index is 5.23. The Morgan fingerprint density at radius 3 is 1.67 bits per heavy atom. The van der Waals surface area contributed by atoms with Crippen molar-refractivity contribution < 1.29 is 9.47 Å². The molecule has 0 saturated carbocycles. The van der Waals surface area contributed by atoms with Crippen LogP contribution < -0.4 is 9.47 Å². The maximum absolute atomic E-state index is 5.23. The fourth-order valence-electron chi connectivity index (χ4n) is 2.73. The van der Waals surface area contributed by atoms with Crippen LogP contribution >= 0.6 is 0 Å². The second-order valence-electron chi connectivity index (χ2n) is 5.46. The fourth-order valence-corrected chi connectivity index (χ4v) is 2.73. The maximum Gasteiger partial charge on any atom is 0.118 e. The predicted octanol–water partition coefficient (Wildman–Crippen LogP) is 5.68. The lowest BCUT2D eigenvalue weighted by Crippen LogP contribution is -1.87. The van der Waals surface area contributed by atoms with Gasteiger partial charge >= 0.3 is 0 Å². The van der Waals surface area contributed by atoms with Gasteiger partial charge in [0.2, 0.25) is 0 Å². The third kappa shape index (κ3) is 3.18. The molecule has 0 saturated heterocycles. The Hall–Kier alpha value is -3.00. The van der Waals surface area contributed by atoms with Crippen molar-refractivity contribution >= 4 is 6.08 Å². The van der Waals surface area contributed by atoms with Gasteiger partial charge in [-0.25, -0.2) is 0 Å². The molecule has 0 bridgehead atoms. The normalized spacial score (nSPS) is 10.2. The number of hydrogen-bond donors (Lipinski definition) is 0. The molecule has 0 aliphatic carbocycles. The second-order valence-corrected chi connectivity index (χ2v) is 5.46. The minimum Gasteiger partial charge on any atom is -0.497 e. The van der Waals surface area contributed by atoms with Crippen molar-refractivity contribution in [2.75, 3.05) is 14.2 Å². The zero-order valence-corrected chi connectivity index (χ0v) is 14.0. The lowest BCUT2D eigenvalue weighted by molar-refractivity contribution is 0.415. The summed E-state index contributed by atoms with van der Waals surface area (Å²) in [6, 6.07) is 22.6. The molecule has 24 heavy (non-hydrogen) atoms. The summed E-state index contributed by atoms with van der Waals surface area (Å²) in [5.74, 6) is 1.71. The van der Waals surface area contributed by atoms with E-state index in [4.69, 9.17) is 9.47 Å². The van der Waals surface area contributed by atoms with E-state index in [1.807, 2.05) is 30.3 Å². The highest BCUT2D eigenvalue weighted by atomic mass is 16.5. The molecule has 0 heterocycles. The van der Waals surface area contributed by atoms with E-state index in [1.54, 1.807) is 14.2 Å². The topological polar surface area (TPSA) is 18.5 Å². The SMILES string of the molecule is C=Cc1cc(-c2ccc(OC)cc2)ccc1-c1ccc(OC)cc1. The lowest BCUT2D eigenvalue weighted by Gasteiger charge is -2.11. The Morgan fingerprint density at radius 1 is 0.667 bits per heavy atom. The minimum atomic E-state index is 0.855. The molecular weight excluding hydrogens is 296 g/mol. The zero-order valence-electron chi connectivity index (χ0n) is 14.0. The summed E-state index contributed by atoms with van der Waals surface area (Å²) in [4.78, 5) is 0. The molecule has 0 aliphatic rings. The van der Waals surface area contributed by atoms with Gasteiger partial charge in [-0.15, -0.1) is 0 Å². The van der Waals surface area contributed by atoms with E-state index in [2.05, 4.69) is 49.0 Å². The molecule has 0 aromatic heterocycles. The van der Waals surface area contributed by atoms with Crippen LogP contribution in [0.3, 0.4) is 0 Å². The predicted molar refractivity (Wildman–Crippen MR) is 101 cm³/mol. The Kier molecular flexibility index (Phi) is 4.66. The van der Waals surface area contributed by atoms with Crippen LogP contribution in [0.15, 0.2) is 73.3 Å². The van der Waals surface area contributed by atoms with Gasteiger partial charge in [-0.2, -0.15) is 0 Å². The number of ether oxygens (including phenoxy) is 2. The number of methoxy groups -OCH3 is 2. The monoisotopic (exact) mass is 316 g/mol. The summed E-state index contributed by atoms with van der Waals surface area (Å²) in [5, 5.41) is 0. The van der Waals surface area contributed by atoms with Crippen LogP contribution in [0.25, 0.3) is 28.3 Å². The van der Waals surface area contributed by atoms with Crippen molar-refractivity contribution in [3.63, 3.8) is 0 Å². The first-order valence-electron chi connectivity index (χ1n) is 7.80. The first-order valence-corrected chi connectivity index (χ1v) is 7.80. The fraction of sp³-hybridized carbons (Fsp3) is 0.0909. The average Bonchev–Trinajstić information content (AvgIpc) is 2.67. The Balaban J connectivity index is 1.99. The van der Waals surface area contributed by atoms with Gasteiger partial charge in [0, 0.05) is 0 Å². The van der Waals surface area contributed by atoms with E-state index in [1.165, 1.54) is 0 Å². The summed E-state index contributed by atoms with van der Waals surface area (Å²) >= 11 is 0. The number of hydrogen-bond acceptors (Lipinski definition) is 2. The summed E-state index contributed by atoms with van der Waals surface area (Å²) in [6.07, 6.45) is 1.90. The molecule has 0 spiro atoms. The largest absolute Gasteiger partial charge is 0.497 e. The quantitative estimate of drug-likeness (QED) is 0.603. The van der Waals surface area contributed by atoms with E-state index in [0.717, 1.165) is 39.3 Å². The van der Waals surface area contributed by atoms with Crippen molar-refractivity contribution in [3.8, 4) is 33.8 Å². The van der Waals surface area contributed by atoms with Gasteiger partial charge in [-0.05, 0) is 58.1 Å². The van der Waals surface area contributed by atoms with E-state index < -0.39 is 0 Å². The first-order chi connectivity index (χ1) is 11.7. The van der Waals surface area contributed by atoms with Crippen LogP contribution in [-0.2, 0) is 0 Å². The van der Waals surface area contributed by atoms with Gasteiger partial charge in [-0.3, -0.25) is 0 Å². The zero-order chi connectivity index (χ0) is 16.9. The molecule has 3 rings (SSSR count). The van der Waals surface area contributed by atoms with E-state index in [9.17, 15) is 0 Å². The molecule has 3 aromatic rings. The van der Waals surface area contributed by atoms with Gasteiger partial charge in [-0.1, -0.05) is 49.1 Å². The van der Waals surface area contributed by atoms with Crippen LogP contribution in [0.2, 0.25) is 0 Å². The molecule has 0 radical (unpaired) electrons. The number of rotatable bonds is 5. The van der Waals surface area contributed by atoms with Crippen molar-refractivity contribution in [2.45, 2.75) is 0 Å². The molecule has 0 fully saturated rings. The van der Waals surface area contributed by atoms with E-state index >= 15 is 0 Å². The molecule has 3 aromatic carbocycles. The van der Waals surface area contributed by atoms with Crippen molar-refractivity contribution in [3.05, 3.63) is 78.9 Å². The van der Waals surface area contributed by atoms with Gasteiger partial charge in [0.25, 0.3) is 0 Å². The molecule has 0 N–H and O–H groups in total. The smallest absolute Gasteiger partial charge is 0.118 e. The average molecular weight is 316 g/mol. The van der Waals surface area contributed by atoms with Crippen molar-refractivity contribution in [2.24, 2.45) is 0 Å². The molecule has 0 unspecified atom stereocenters. The minimum absolute atomic E-state index is 0.855. The van der Waals surface area contributed by atoms with Gasteiger partial charge in [0.15, 0.2) is 0 Å². The van der Waals surface area contributed by atoms with Crippen LogP contribution in [0.4, 0.5) is 0 Å². The third-order valence-electron chi connectivity index (χ3n) is 4.10. The highest BCUT2D eigenvalue weighted by Crippen LogP contribution is 2.31. The Morgan fingerprint density at radius 2 is 1.17 bits per heavy atom. The molecule has 0 atom stereocenters. The molecule has 120 valence electrons. The van der Waals surface area contributed by atoms with E-state index in [0.29, 0.717) is 0 Å². The third-order valence-corrected chi connectivity index (χ3v) is 4.10. The molecular formula is C22H20O2. The Labute approximate surface area is 143 Å². The van der Waals surface area contributed by atoms with E-state index in [-0.39, 0.29) is 0 Å². The van der Waals surface area contributed by atoms with Crippen LogP contribution in [0.5, 0.6) is 11.5 Å². The Bertz CT molecular complexity index is 831. The lowest BCUT2D eigenvalue weighted by atomic mass is 9.95. The van der Waals surface area contributed by atoms with Gasteiger partial charge in [0.05, 0.1) is 14.2 Å². The summed E-state index contributed by atoms with van der Waals surface area (Å²) < 4.78 is 10.4. The van der Waals surface area contributed by atoms with Crippen LogP contribution in [0, 0.1) is 0 Å². The second kappa shape index (κ2) is 7.05. The summed E-state index contributed by atoms with van der Waals surface area (Å²) in [6.45, 7) is 3.97. The summed E-state index contributed by atoms with van der Waals surface area (Å²) in [7, 11) is 3.35. The van der Waals surface area contributed by atoms with Crippen LogP contribution in [-0.4, -0.2) is 14.2 Å². The summed E-state index contributed by atoms with van der Waals surface area (Å²) in [5.41, 5.74) is 5.72. The van der Waals surface area contributed by atoms with Crippen LogP contribution in [0.1, 0.15) is 5.56 Å². The first kappa shape index (κ1) is 15.9. The standard InChI is InChI=1S/C22H20O2/c1-4-16-15-19(17-5-10-20(23-2)11-6-17)9-14-22(16)18-7-12-21(24-3)13-8-18/h4-15H,1H2,2-3H3.